The number of ether oxygens (including phenoxy) is 2. The highest BCUT2D eigenvalue weighted by molar-refractivity contribution is 5.97. The van der Waals surface area contributed by atoms with Gasteiger partial charge < -0.3 is 14.8 Å². The van der Waals surface area contributed by atoms with Gasteiger partial charge in [-0.2, -0.15) is 0 Å². The quantitative estimate of drug-likeness (QED) is 0.842. The molecule has 0 unspecified atom stereocenters. The molecule has 1 fully saturated rings. The minimum atomic E-state index is -0.539. The molecule has 0 bridgehead atoms. The number of rotatable bonds is 6. The number of hydrogen-bond donors (Lipinski definition) is 1. The number of carbonyl (C=O) groups excluding carboxylic acids is 2. The lowest BCUT2D eigenvalue weighted by Crippen LogP contribution is -2.43. The number of benzene rings is 2. The molecule has 0 spiro atoms. The van der Waals surface area contributed by atoms with E-state index in [1.807, 2.05) is 49.4 Å². The zero-order valence-corrected chi connectivity index (χ0v) is 15.4. The summed E-state index contributed by atoms with van der Waals surface area (Å²) in [5.74, 6) is 0.390. The molecule has 2 aromatic carbocycles. The minimum Gasteiger partial charge on any atom is -0.492 e. The SMILES string of the molecule is CCOc1ccccc1NC(=O)[C@H]1CCCN1C(=O)OCc1ccccc1. The Morgan fingerprint density at radius 1 is 1.11 bits per heavy atom. The van der Waals surface area contributed by atoms with Crippen molar-refractivity contribution in [2.45, 2.75) is 32.4 Å². The van der Waals surface area contributed by atoms with Gasteiger partial charge in [0.1, 0.15) is 18.4 Å². The van der Waals surface area contributed by atoms with E-state index in [9.17, 15) is 9.59 Å². The van der Waals surface area contributed by atoms with Crippen molar-refractivity contribution in [1.82, 2.24) is 4.90 Å². The second-order valence-corrected chi connectivity index (χ2v) is 6.31. The summed E-state index contributed by atoms with van der Waals surface area (Å²) in [7, 11) is 0. The van der Waals surface area contributed by atoms with Crippen molar-refractivity contribution in [3.63, 3.8) is 0 Å². The summed E-state index contributed by atoms with van der Waals surface area (Å²) in [5, 5.41) is 2.88. The molecule has 27 heavy (non-hydrogen) atoms. The summed E-state index contributed by atoms with van der Waals surface area (Å²) in [6.07, 6.45) is 0.920. The third kappa shape index (κ3) is 4.78. The Balaban J connectivity index is 1.61. The molecule has 3 rings (SSSR count). The van der Waals surface area contributed by atoms with E-state index in [1.165, 1.54) is 4.90 Å². The normalized spacial score (nSPS) is 16.0. The van der Waals surface area contributed by atoms with Crippen LogP contribution >= 0.6 is 0 Å². The fourth-order valence-electron chi connectivity index (χ4n) is 3.13. The van der Waals surface area contributed by atoms with Gasteiger partial charge >= 0.3 is 6.09 Å². The molecule has 1 saturated heterocycles. The van der Waals surface area contributed by atoms with Crippen LogP contribution in [0.2, 0.25) is 0 Å². The van der Waals surface area contributed by atoms with Gasteiger partial charge in [0.25, 0.3) is 0 Å². The van der Waals surface area contributed by atoms with Gasteiger partial charge in [0, 0.05) is 6.54 Å². The number of amides is 2. The van der Waals surface area contributed by atoms with Gasteiger partial charge in [-0.05, 0) is 37.5 Å². The van der Waals surface area contributed by atoms with Gasteiger partial charge in [-0.25, -0.2) is 4.79 Å². The minimum absolute atomic E-state index is 0.192. The van der Waals surface area contributed by atoms with Crippen LogP contribution in [0.5, 0.6) is 5.75 Å². The van der Waals surface area contributed by atoms with E-state index in [2.05, 4.69) is 5.32 Å². The van der Waals surface area contributed by atoms with Gasteiger partial charge in [-0.1, -0.05) is 42.5 Å². The highest BCUT2D eigenvalue weighted by Gasteiger charge is 2.35. The first-order valence-corrected chi connectivity index (χ1v) is 9.19. The number of nitrogens with zero attached hydrogens (tertiary/aromatic N) is 1. The number of para-hydroxylation sites is 2. The van der Waals surface area contributed by atoms with Crippen molar-refractivity contribution in [2.24, 2.45) is 0 Å². The predicted molar refractivity (Wildman–Crippen MR) is 103 cm³/mol. The van der Waals surface area contributed by atoms with Crippen LogP contribution in [0.25, 0.3) is 0 Å². The predicted octanol–water partition coefficient (Wildman–Crippen LogP) is 3.83. The Labute approximate surface area is 159 Å². The fraction of sp³-hybridized carbons (Fsp3) is 0.333. The summed E-state index contributed by atoms with van der Waals surface area (Å²) in [6, 6.07) is 16.2. The van der Waals surface area contributed by atoms with Crippen LogP contribution in [0.1, 0.15) is 25.3 Å². The van der Waals surface area contributed by atoms with Gasteiger partial charge in [-0.3, -0.25) is 9.69 Å². The zero-order chi connectivity index (χ0) is 19.1. The Hall–Kier alpha value is -3.02. The molecular formula is C21H24N2O4. The van der Waals surface area contributed by atoms with E-state index in [1.54, 1.807) is 12.1 Å². The Morgan fingerprint density at radius 3 is 2.63 bits per heavy atom. The van der Waals surface area contributed by atoms with Crippen molar-refractivity contribution in [2.75, 3.05) is 18.5 Å². The molecule has 1 aliphatic rings. The van der Waals surface area contributed by atoms with Gasteiger partial charge in [-0.15, -0.1) is 0 Å². The average Bonchev–Trinajstić information content (AvgIpc) is 3.19. The van der Waals surface area contributed by atoms with Crippen molar-refractivity contribution in [3.8, 4) is 5.75 Å². The van der Waals surface area contributed by atoms with E-state index in [4.69, 9.17) is 9.47 Å². The molecule has 1 N–H and O–H groups in total. The topological polar surface area (TPSA) is 67.9 Å². The summed E-state index contributed by atoms with van der Waals surface area (Å²) in [6.45, 7) is 3.10. The molecule has 142 valence electrons. The Kier molecular flexibility index (Phi) is 6.30. The lowest BCUT2D eigenvalue weighted by atomic mass is 10.2. The first-order valence-electron chi connectivity index (χ1n) is 9.19. The highest BCUT2D eigenvalue weighted by atomic mass is 16.6. The van der Waals surface area contributed by atoms with Crippen LogP contribution in [0.3, 0.4) is 0 Å². The Bertz CT molecular complexity index is 779. The molecule has 1 heterocycles. The third-order valence-corrected chi connectivity index (χ3v) is 4.44. The third-order valence-electron chi connectivity index (χ3n) is 4.44. The molecule has 0 aromatic heterocycles. The maximum absolute atomic E-state index is 12.7. The second kappa shape index (κ2) is 9.07. The van der Waals surface area contributed by atoms with E-state index in [0.29, 0.717) is 31.0 Å². The van der Waals surface area contributed by atoms with Gasteiger partial charge in [0.05, 0.1) is 12.3 Å². The van der Waals surface area contributed by atoms with Gasteiger partial charge in [0.15, 0.2) is 0 Å². The highest BCUT2D eigenvalue weighted by Crippen LogP contribution is 2.26. The largest absolute Gasteiger partial charge is 0.492 e. The number of nitrogens with one attached hydrogen (secondary N) is 1. The van der Waals surface area contributed by atoms with Crippen molar-refractivity contribution < 1.29 is 19.1 Å². The second-order valence-electron chi connectivity index (χ2n) is 6.31. The van der Waals surface area contributed by atoms with E-state index >= 15 is 0 Å². The summed E-state index contributed by atoms with van der Waals surface area (Å²) in [5.41, 5.74) is 1.52. The number of likely N-dealkylation sites (tertiary alicyclic amines) is 1. The molecule has 0 saturated carbocycles. The van der Waals surface area contributed by atoms with E-state index < -0.39 is 12.1 Å². The smallest absolute Gasteiger partial charge is 0.410 e. The van der Waals surface area contributed by atoms with Crippen LogP contribution in [-0.2, 0) is 16.1 Å². The van der Waals surface area contributed by atoms with Crippen LogP contribution in [0, 0.1) is 0 Å². The standard InChI is InChI=1S/C21H24N2O4/c1-2-26-19-13-7-6-11-17(19)22-20(24)18-12-8-14-23(18)21(25)27-15-16-9-4-3-5-10-16/h3-7,9-11,13,18H,2,8,12,14-15H2,1H3,(H,22,24)/t18-/m1/s1. The molecule has 2 amide bonds. The summed E-state index contributed by atoms with van der Waals surface area (Å²) in [4.78, 5) is 26.7. The molecule has 0 aliphatic carbocycles. The maximum Gasteiger partial charge on any atom is 0.410 e. The average molecular weight is 368 g/mol. The van der Waals surface area contributed by atoms with E-state index in [0.717, 1.165) is 12.0 Å². The fourth-order valence-corrected chi connectivity index (χ4v) is 3.13. The van der Waals surface area contributed by atoms with Crippen molar-refractivity contribution >= 4 is 17.7 Å². The zero-order valence-electron chi connectivity index (χ0n) is 15.4. The molecule has 0 radical (unpaired) electrons. The molecule has 1 aliphatic heterocycles. The molecular weight excluding hydrogens is 344 g/mol. The lowest BCUT2D eigenvalue weighted by molar-refractivity contribution is -0.120. The van der Waals surface area contributed by atoms with Crippen LogP contribution in [-0.4, -0.2) is 36.1 Å². The Morgan fingerprint density at radius 2 is 1.85 bits per heavy atom. The van der Waals surface area contributed by atoms with Gasteiger partial charge in [0.2, 0.25) is 5.91 Å². The molecule has 6 nitrogen and oxygen atoms in total. The van der Waals surface area contributed by atoms with Crippen molar-refractivity contribution in [1.29, 1.82) is 0 Å². The monoisotopic (exact) mass is 368 g/mol. The summed E-state index contributed by atoms with van der Waals surface area (Å²) < 4.78 is 10.9. The van der Waals surface area contributed by atoms with Crippen LogP contribution in [0.4, 0.5) is 10.5 Å². The van der Waals surface area contributed by atoms with Crippen LogP contribution < -0.4 is 10.1 Å². The van der Waals surface area contributed by atoms with Crippen LogP contribution in [0.15, 0.2) is 54.6 Å². The number of anilines is 1. The lowest BCUT2D eigenvalue weighted by Gasteiger charge is -2.23. The number of carbonyl (C=O) groups is 2. The molecule has 1 atom stereocenters. The van der Waals surface area contributed by atoms with E-state index in [-0.39, 0.29) is 12.5 Å². The first-order chi connectivity index (χ1) is 13.2. The molecule has 6 heteroatoms. The molecule has 2 aromatic rings. The maximum atomic E-state index is 12.7. The summed E-state index contributed by atoms with van der Waals surface area (Å²) >= 11 is 0. The first kappa shape index (κ1) is 18.8. The number of hydrogen-bond acceptors (Lipinski definition) is 4. The van der Waals surface area contributed by atoms with Crippen molar-refractivity contribution in [3.05, 3.63) is 60.2 Å².